The van der Waals surface area contributed by atoms with E-state index < -0.39 is 5.60 Å². The zero-order chi connectivity index (χ0) is 12.9. The van der Waals surface area contributed by atoms with Gasteiger partial charge in [-0.05, 0) is 33.6 Å². The van der Waals surface area contributed by atoms with Gasteiger partial charge in [0.2, 0.25) is 0 Å². The summed E-state index contributed by atoms with van der Waals surface area (Å²) in [6.45, 7) is 7.79. The van der Waals surface area contributed by atoms with Crippen molar-refractivity contribution in [2.24, 2.45) is 5.92 Å². The van der Waals surface area contributed by atoms with Gasteiger partial charge in [-0.25, -0.2) is 10.3 Å². The lowest BCUT2D eigenvalue weighted by atomic mass is 9.99. The van der Waals surface area contributed by atoms with Gasteiger partial charge in [0.05, 0.1) is 6.61 Å². The molecule has 100 valence electrons. The molecule has 0 saturated carbocycles. The second-order valence-corrected chi connectivity index (χ2v) is 5.45. The van der Waals surface area contributed by atoms with Crippen molar-refractivity contribution < 1.29 is 14.4 Å². The normalized spacial score (nSPS) is 21.4. The van der Waals surface area contributed by atoms with E-state index in [1.165, 1.54) is 0 Å². The van der Waals surface area contributed by atoms with Crippen molar-refractivity contribution in [2.75, 3.05) is 26.7 Å². The van der Waals surface area contributed by atoms with E-state index in [0.717, 1.165) is 25.9 Å². The van der Waals surface area contributed by atoms with E-state index >= 15 is 0 Å². The molecule has 0 aromatic rings. The minimum absolute atomic E-state index is 0.216. The summed E-state index contributed by atoms with van der Waals surface area (Å²) in [5.41, 5.74) is 2.24. The number of likely N-dealkylation sites (tertiary alicyclic amines) is 1. The Kier molecular flexibility index (Phi) is 5.21. The second-order valence-electron chi connectivity index (χ2n) is 5.45. The summed E-state index contributed by atoms with van der Waals surface area (Å²) in [6.07, 6.45) is 1.89. The maximum Gasteiger partial charge on any atom is 0.410 e. The molecule has 0 radical (unpaired) electrons. The van der Waals surface area contributed by atoms with E-state index in [1.807, 2.05) is 20.8 Å². The Bertz CT molecular complexity index is 251. The number of hydrogen-bond donors (Lipinski definition) is 1. The van der Waals surface area contributed by atoms with Crippen molar-refractivity contribution >= 4 is 6.09 Å². The topological polar surface area (TPSA) is 50.8 Å². The van der Waals surface area contributed by atoms with Gasteiger partial charge in [-0.15, -0.1) is 0 Å². The smallest absolute Gasteiger partial charge is 0.410 e. The third-order valence-electron chi connectivity index (χ3n) is 2.63. The Labute approximate surface area is 103 Å². The van der Waals surface area contributed by atoms with Crippen LogP contribution in [0.25, 0.3) is 0 Å². The molecular weight excluding hydrogens is 220 g/mol. The van der Waals surface area contributed by atoms with E-state index in [-0.39, 0.29) is 6.09 Å². The summed E-state index contributed by atoms with van der Waals surface area (Å²) < 4.78 is 5.36. The van der Waals surface area contributed by atoms with Crippen molar-refractivity contribution in [1.29, 1.82) is 0 Å². The van der Waals surface area contributed by atoms with Crippen LogP contribution in [0.4, 0.5) is 4.79 Å². The number of ether oxygens (including phenoxy) is 1. The van der Waals surface area contributed by atoms with Crippen LogP contribution in [0.1, 0.15) is 33.6 Å². The predicted octanol–water partition coefficient (Wildman–Crippen LogP) is 1.78. The minimum atomic E-state index is -0.425. The van der Waals surface area contributed by atoms with Gasteiger partial charge in [-0.1, -0.05) is 0 Å². The van der Waals surface area contributed by atoms with Crippen molar-refractivity contribution in [3.63, 3.8) is 0 Å². The molecule has 1 aliphatic heterocycles. The SMILES string of the molecule is CNOCC1CCCN(C(=O)OC(C)(C)C)C1. The lowest BCUT2D eigenvalue weighted by Crippen LogP contribution is -2.44. The highest BCUT2D eigenvalue weighted by molar-refractivity contribution is 5.68. The summed E-state index contributed by atoms with van der Waals surface area (Å²) in [6, 6.07) is 0. The first-order valence-corrected chi connectivity index (χ1v) is 6.19. The van der Waals surface area contributed by atoms with Gasteiger partial charge in [0.1, 0.15) is 5.60 Å². The van der Waals surface area contributed by atoms with Crippen LogP contribution in [0.15, 0.2) is 0 Å². The number of amides is 1. The van der Waals surface area contributed by atoms with Crippen LogP contribution < -0.4 is 5.48 Å². The molecule has 0 bridgehead atoms. The van der Waals surface area contributed by atoms with Crippen LogP contribution in [0.3, 0.4) is 0 Å². The van der Waals surface area contributed by atoms with Gasteiger partial charge < -0.3 is 14.5 Å². The Balaban J connectivity index is 2.40. The molecule has 0 aromatic heterocycles. The number of hydroxylamine groups is 1. The van der Waals surface area contributed by atoms with Crippen LogP contribution >= 0.6 is 0 Å². The summed E-state index contributed by atoms with van der Waals surface area (Å²) in [7, 11) is 1.74. The van der Waals surface area contributed by atoms with E-state index in [9.17, 15) is 4.79 Å². The summed E-state index contributed by atoms with van der Waals surface area (Å²) in [4.78, 5) is 18.8. The number of carbonyl (C=O) groups excluding carboxylic acids is 1. The van der Waals surface area contributed by atoms with E-state index in [0.29, 0.717) is 12.5 Å². The molecule has 1 fully saturated rings. The Morgan fingerprint density at radius 1 is 1.47 bits per heavy atom. The molecule has 1 unspecified atom stereocenters. The second kappa shape index (κ2) is 6.21. The Morgan fingerprint density at radius 2 is 2.18 bits per heavy atom. The lowest BCUT2D eigenvalue weighted by Gasteiger charge is -2.33. The van der Waals surface area contributed by atoms with E-state index in [2.05, 4.69) is 5.48 Å². The predicted molar refractivity (Wildman–Crippen MR) is 65.5 cm³/mol. The molecule has 5 heteroatoms. The van der Waals surface area contributed by atoms with Gasteiger partial charge in [-0.3, -0.25) is 0 Å². The molecule has 0 aromatic carbocycles. The highest BCUT2D eigenvalue weighted by atomic mass is 16.6. The zero-order valence-corrected chi connectivity index (χ0v) is 11.3. The summed E-state index contributed by atoms with van der Waals surface area (Å²) in [5, 5.41) is 0. The molecule has 1 saturated heterocycles. The Morgan fingerprint density at radius 3 is 2.76 bits per heavy atom. The first-order valence-electron chi connectivity index (χ1n) is 6.19. The minimum Gasteiger partial charge on any atom is -0.444 e. The first kappa shape index (κ1) is 14.3. The molecule has 5 nitrogen and oxygen atoms in total. The van der Waals surface area contributed by atoms with Gasteiger partial charge in [0.25, 0.3) is 0 Å². The van der Waals surface area contributed by atoms with Gasteiger partial charge in [0, 0.05) is 26.1 Å². The average Bonchev–Trinajstić information content (AvgIpc) is 2.24. The maximum absolute atomic E-state index is 11.9. The van der Waals surface area contributed by atoms with E-state index in [4.69, 9.17) is 9.57 Å². The molecule has 1 N–H and O–H groups in total. The largest absolute Gasteiger partial charge is 0.444 e. The molecular formula is C12H24N2O3. The fourth-order valence-corrected chi connectivity index (χ4v) is 1.89. The third-order valence-corrected chi connectivity index (χ3v) is 2.63. The van der Waals surface area contributed by atoms with Crippen molar-refractivity contribution in [1.82, 2.24) is 10.4 Å². The number of rotatable bonds is 3. The molecule has 0 aliphatic carbocycles. The number of carbonyl (C=O) groups is 1. The molecule has 1 atom stereocenters. The number of piperidine rings is 1. The van der Waals surface area contributed by atoms with Gasteiger partial charge >= 0.3 is 6.09 Å². The molecule has 1 aliphatic rings. The highest BCUT2D eigenvalue weighted by Gasteiger charge is 2.27. The van der Waals surface area contributed by atoms with Gasteiger partial charge in [0.15, 0.2) is 0 Å². The van der Waals surface area contributed by atoms with Crippen LogP contribution in [0, 0.1) is 5.92 Å². The first-order chi connectivity index (χ1) is 7.92. The molecule has 1 rings (SSSR count). The molecule has 17 heavy (non-hydrogen) atoms. The number of nitrogens with zero attached hydrogens (tertiary/aromatic N) is 1. The van der Waals surface area contributed by atoms with Crippen LogP contribution in [0.2, 0.25) is 0 Å². The number of nitrogens with one attached hydrogen (secondary N) is 1. The van der Waals surface area contributed by atoms with E-state index in [1.54, 1.807) is 11.9 Å². The van der Waals surface area contributed by atoms with Crippen LogP contribution in [-0.2, 0) is 9.57 Å². The third kappa shape index (κ3) is 5.37. The Hall–Kier alpha value is -0.810. The van der Waals surface area contributed by atoms with Gasteiger partial charge in [-0.2, -0.15) is 0 Å². The molecule has 1 amide bonds. The summed E-state index contributed by atoms with van der Waals surface area (Å²) >= 11 is 0. The van der Waals surface area contributed by atoms with Crippen molar-refractivity contribution in [3.05, 3.63) is 0 Å². The van der Waals surface area contributed by atoms with Crippen molar-refractivity contribution in [3.8, 4) is 0 Å². The monoisotopic (exact) mass is 244 g/mol. The molecule has 0 spiro atoms. The lowest BCUT2D eigenvalue weighted by molar-refractivity contribution is -0.00707. The van der Waals surface area contributed by atoms with Crippen molar-refractivity contribution in [2.45, 2.75) is 39.2 Å². The average molecular weight is 244 g/mol. The fraction of sp³-hybridized carbons (Fsp3) is 0.917. The fourth-order valence-electron chi connectivity index (χ4n) is 1.89. The highest BCUT2D eigenvalue weighted by Crippen LogP contribution is 2.19. The quantitative estimate of drug-likeness (QED) is 0.769. The maximum atomic E-state index is 11.9. The number of hydrogen-bond acceptors (Lipinski definition) is 4. The zero-order valence-electron chi connectivity index (χ0n) is 11.3. The van der Waals surface area contributed by atoms with Crippen LogP contribution in [0.5, 0.6) is 0 Å². The standard InChI is InChI=1S/C12H24N2O3/c1-12(2,3)17-11(15)14-7-5-6-10(8-14)9-16-13-4/h10,13H,5-9H2,1-4H3. The van der Waals surface area contributed by atoms with Crippen LogP contribution in [-0.4, -0.2) is 43.3 Å². The summed E-state index contributed by atoms with van der Waals surface area (Å²) in [5.74, 6) is 0.392. The molecule has 1 heterocycles.